The van der Waals surface area contributed by atoms with Gasteiger partial charge in [-0.05, 0) is 38.1 Å². The highest BCUT2D eigenvalue weighted by Gasteiger charge is 2.08. The van der Waals surface area contributed by atoms with Gasteiger partial charge in [-0.25, -0.2) is 0 Å². The van der Waals surface area contributed by atoms with Crippen molar-refractivity contribution in [1.29, 1.82) is 0 Å². The number of amides is 1. The SMILES string of the molecule is CC(C)Oc1ccc(C(=O)Nc2nncs2)cc1. The van der Waals surface area contributed by atoms with E-state index in [4.69, 9.17) is 4.74 Å². The van der Waals surface area contributed by atoms with E-state index in [1.165, 1.54) is 11.3 Å². The Kier molecular flexibility index (Phi) is 3.88. The Morgan fingerprint density at radius 2 is 2.06 bits per heavy atom. The lowest BCUT2D eigenvalue weighted by molar-refractivity contribution is 0.102. The van der Waals surface area contributed by atoms with Crippen molar-refractivity contribution in [2.24, 2.45) is 0 Å². The van der Waals surface area contributed by atoms with Crippen molar-refractivity contribution in [3.8, 4) is 5.75 Å². The Bertz CT molecular complexity index is 509. The number of anilines is 1. The molecule has 1 aromatic heterocycles. The molecule has 0 fully saturated rings. The smallest absolute Gasteiger partial charge is 0.257 e. The van der Waals surface area contributed by atoms with E-state index in [0.717, 1.165) is 5.75 Å². The maximum Gasteiger partial charge on any atom is 0.257 e. The van der Waals surface area contributed by atoms with E-state index in [-0.39, 0.29) is 12.0 Å². The summed E-state index contributed by atoms with van der Waals surface area (Å²) in [4.78, 5) is 11.8. The zero-order valence-corrected chi connectivity index (χ0v) is 10.9. The third-order valence-electron chi connectivity index (χ3n) is 2.07. The second-order valence-corrected chi connectivity index (χ2v) is 4.72. The van der Waals surface area contributed by atoms with Crippen molar-refractivity contribution in [1.82, 2.24) is 10.2 Å². The molecular formula is C12H13N3O2S. The molecule has 5 nitrogen and oxygen atoms in total. The van der Waals surface area contributed by atoms with Gasteiger partial charge in [0.25, 0.3) is 5.91 Å². The number of nitrogens with one attached hydrogen (secondary N) is 1. The molecule has 0 aliphatic heterocycles. The Balaban J connectivity index is 2.03. The molecule has 18 heavy (non-hydrogen) atoms. The van der Waals surface area contributed by atoms with Crippen LogP contribution in [0, 0.1) is 0 Å². The summed E-state index contributed by atoms with van der Waals surface area (Å²) in [5.74, 6) is 0.542. The second-order valence-electron chi connectivity index (χ2n) is 3.89. The van der Waals surface area contributed by atoms with Crippen LogP contribution in [-0.2, 0) is 0 Å². The fourth-order valence-electron chi connectivity index (χ4n) is 1.35. The third kappa shape index (κ3) is 3.27. The van der Waals surface area contributed by atoms with Gasteiger partial charge in [-0.2, -0.15) is 0 Å². The van der Waals surface area contributed by atoms with Crippen molar-refractivity contribution in [3.63, 3.8) is 0 Å². The van der Waals surface area contributed by atoms with E-state index in [0.29, 0.717) is 10.7 Å². The van der Waals surface area contributed by atoms with Gasteiger partial charge < -0.3 is 4.74 Å². The summed E-state index contributed by atoms with van der Waals surface area (Å²) in [6.07, 6.45) is 0.117. The fraction of sp³-hybridized carbons (Fsp3) is 0.250. The average molecular weight is 263 g/mol. The monoisotopic (exact) mass is 263 g/mol. The minimum atomic E-state index is -0.206. The number of carbonyl (C=O) groups excluding carboxylic acids is 1. The summed E-state index contributed by atoms with van der Waals surface area (Å²) in [7, 11) is 0. The van der Waals surface area contributed by atoms with Gasteiger partial charge >= 0.3 is 0 Å². The molecule has 1 heterocycles. The number of aromatic nitrogens is 2. The van der Waals surface area contributed by atoms with Crippen LogP contribution in [0.5, 0.6) is 5.75 Å². The molecule has 1 aromatic carbocycles. The van der Waals surface area contributed by atoms with Gasteiger partial charge in [0.1, 0.15) is 11.3 Å². The van der Waals surface area contributed by atoms with Crippen LogP contribution in [0.3, 0.4) is 0 Å². The highest BCUT2D eigenvalue weighted by Crippen LogP contribution is 2.15. The first kappa shape index (κ1) is 12.5. The van der Waals surface area contributed by atoms with E-state index in [2.05, 4.69) is 15.5 Å². The molecule has 0 radical (unpaired) electrons. The molecule has 6 heteroatoms. The molecule has 0 unspecified atom stereocenters. The van der Waals surface area contributed by atoms with Crippen LogP contribution in [0.2, 0.25) is 0 Å². The number of nitrogens with zero attached hydrogens (tertiary/aromatic N) is 2. The summed E-state index contributed by atoms with van der Waals surface area (Å²) in [6.45, 7) is 3.91. The molecule has 2 rings (SSSR count). The molecular weight excluding hydrogens is 250 g/mol. The lowest BCUT2D eigenvalue weighted by atomic mass is 10.2. The highest BCUT2D eigenvalue weighted by molar-refractivity contribution is 7.13. The lowest BCUT2D eigenvalue weighted by Crippen LogP contribution is -2.12. The summed E-state index contributed by atoms with van der Waals surface area (Å²) in [6, 6.07) is 6.98. The van der Waals surface area contributed by atoms with E-state index >= 15 is 0 Å². The van der Waals surface area contributed by atoms with Crippen molar-refractivity contribution in [3.05, 3.63) is 35.3 Å². The number of ether oxygens (including phenoxy) is 1. The molecule has 0 bridgehead atoms. The van der Waals surface area contributed by atoms with Crippen molar-refractivity contribution < 1.29 is 9.53 Å². The van der Waals surface area contributed by atoms with E-state index in [9.17, 15) is 4.79 Å². The molecule has 1 amide bonds. The molecule has 0 aliphatic rings. The Hall–Kier alpha value is -1.95. The zero-order chi connectivity index (χ0) is 13.0. The molecule has 0 spiro atoms. The first-order chi connectivity index (χ1) is 8.65. The molecule has 0 aliphatic carbocycles. The Morgan fingerprint density at radius 1 is 1.33 bits per heavy atom. The number of hydrogen-bond acceptors (Lipinski definition) is 5. The molecule has 0 atom stereocenters. The van der Waals surface area contributed by atoms with Crippen molar-refractivity contribution in [2.45, 2.75) is 20.0 Å². The standard InChI is InChI=1S/C12H13N3O2S/c1-8(2)17-10-5-3-9(4-6-10)11(16)14-12-15-13-7-18-12/h3-8H,1-2H3,(H,14,15,16). The van der Waals surface area contributed by atoms with Gasteiger partial charge in [0, 0.05) is 5.56 Å². The van der Waals surface area contributed by atoms with E-state index in [1.54, 1.807) is 29.8 Å². The van der Waals surface area contributed by atoms with Crippen LogP contribution in [0.25, 0.3) is 0 Å². The highest BCUT2D eigenvalue weighted by atomic mass is 32.1. The first-order valence-electron chi connectivity index (χ1n) is 5.49. The normalized spacial score (nSPS) is 10.4. The lowest BCUT2D eigenvalue weighted by Gasteiger charge is -2.09. The van der Waals surface area contributed by atoms with Crippen LogP contribution >= 0.6 is 11.3 Å². The summed E-state index contributed by atoms with van der Waals surface area (Å²) in [5.41, 5.74) is 2.12. The summed E-state index contributed by atoms with van der Waals surface area (Å²) >= 11 is 1.28. The maximum atomic E-state index is 11.8. The van der Waals surface area contributed by atoms with Crippen LogP contribution in [0.1, 0.15) is 24.2 Å². The zero-order valence-electron chi connectivity index (χ0n) is 10.1. The summed E-state index contributed by atoms with van der Waals surface area (Å²) in [5, 5.41) is 10.6. The second kappa shape index (κ2) is 5.59. The van der Waals surface area contributed by atoms with E-state index in [1.807, 2.05) is 13.8 Å². The van der Waals surface area contributed by atoms with Gasteiger partial charge in [0.15, 0.2) is 0 Å². The van der Waals surface area contributed by atoms with Gasteiger partial charge in [0.05, 0.1) is 6.10 Å². The average Bonchev–Trinajstić information content (AvgIpc) is 2.82. The predicted molar refractivity (Wildman–Crippen MR) is 70.1 cm³/mol. The largest absolute Gasteiger partial charge is 0.491 e. The topological polar surface area (TPSA) is 64.1 Å². The van der Waals surface area contributed by atoms with Gasteiger partial charge in [-0.3, -0.25) is 10.1 Å². The Morgan fingerprint density at radius 3 is 2.61 bits per heavy atom. The molecule has 1 N–H and O–H groups in total. The van der Waals surface area contributed by atoms with E-state index < -0.39 is 0 Å². The minimum absolute atomic E-state index is 0.117. The summed E-state index contributed by atoms with van der Waals surface area (Å²) < 4.78 is 5.50. The van der Waals surface area contributed by atoms with Crippen molar-refractivity contribution >= 4 is 22.4 Å². The third-order valence-corrected chi connectivity index (χ3v) is 2.68. The van der Waals surface area contributed by atoms with Crippen LogP contribution < -0.4 is 10.1 Å². The number of benzene rings is 1. The quantitative estimate of drug-likeness (QED) is 0.920. The fourth-order valence-corrected chi connectivity index (χ4v) is 1.79. The molecule has 2 aromatic rings. The van der Waals surface area contributed by atoms with Crippen molar-refractivity contribution in [2.75, 3.05) is 5.32 Å². The van der Waals surface area contributed by atoms with Gasteiger partial charge in [0.2, 0.25) is 5.13 Å². The van der Waals surface area contributed by atoms with Gasteiger partial charge in [-0.1, -0.05) is 11.3 Å². The number of carbonyl (C=O) groups is 1. The van der Waals surface area contributed by atoms with Crippen LogP contribution in [0.4, 0.5) is 5.13 Å². The predicted octanol–water partition coefficient (Wildman–Crippen LogP) is 2.58. The Labute approximate surface area is 109 Å². The number of hydrogen-bond donors (Lipinski definition) is 1. The molecule has 0 saturated carbocycles. The van der Waals surface area contributed by atoms with Gasteiger partial charge in [-0.15, -0.1) is 10.2 Å². The number of rotatable bonds is 4. The van der Waals surface area contributed by atoms with Crippen LogP contribution in [0.15, 0.2) is 29.8 Å². The van der Waals surface area contributed by atoms with Crippen LogP contribution in [-0.4, -0.2) is 22.2 Å². The molecule has 94 valence electrons. The first-order valence-corrected chi connectivity index (χ1v) is 6.37. The maximum absolute atomic E-state index is 11.8. The minimum Gasteiger partial charge on any atom is -0.491 e. The molecule has 0 saturated heterocycles.